The molecule has 0 bridgehead atoms. The smallest absolute Gasteiger partial charge is 0.0504 e. The van der Waals surface area contributed by atoms with Crippen LogP contribution in [-0.2, 0) is 6.42 Å². The monoisotopic (exact) mass is 298 g/mol. The lowest BCUT2D eigenvalue weighted by atomic mass is 9.76. The number of hydrogen-bond donors (Lipinski definition) is 2. The van der Waals surface area contributed by atoms with Gasteiger partial charge in [-0.05, 0) is 42.7 Å². The predicted molar refractivity (Wildman–Crippen MR) is 89.9 cm³/mol. The molecule has 2 aliphatic rings. The molecule has 1 fully saturated rings. The van der Waals surface area contributed by atoms with Gasteiger partial charge in [-0.3, -0.25) is 4.90 Å². The molecule has 3 heteroatoms. The number of aromatic nitrogens is 1. The minimum atomic E-state index is 0.327. The van der Waals surface area contributed by atoms with Crippen molar-refractivity contribution >= 4 is 10.9 Å². The van der Waals surface area contributed by atoms with Crippen molar-refractivity contribution in [3.63, 3.8) is 0 Å². The van der Waals surface area contributed by atoms with E-state index in [1.807, 2.05) is 0 Å². The minimum absolute atomic E-state index is 0.327. The highest BCUT2D eigenvalue weighted by atomic mass is 16.3. The fraction of sp³-hybridized carbons (Fsp3) is 0.579. The van der Waals surface area contributed by atoms with E-state index in [-0.39, 0.29) is 0 Å². The third kappa shape index (κ3) is 2.19. The van der Waals surface area contributed by atoms with Crippen LogP contribution in [0.4, 0.5) is 0 Å². The van der Waals surface area contributed by atoms with Crippen LogP contribution in [0.3, 0.4) is 0 Å². The fourth-order valence-corrected chi connectivity index (χ4v) is 4.77. The third-order valence-electron chi connectivity index (χ3n) is 5.96. The maximum Gasteiger partial charge on any atom is 0.0504 e. The second-order valence-electron chi connectivity index (χ2n) is 7.00. The van der Waals surface area contributed by atoms with Crippen molar-refractivity contribution in [2.24, 2.45) is 11.8 Å². The Balaban J connectivity index is 1.71. The number of aromatic amines is 1. The standard InChI is InChI=1S/C19H26N2O/c1-2-13-12-21-9-7-16-15-5-3-4-6-17(15)20-19(16)18(21)11-14(13)8-10-22/h3-6,13-14,18,20,22H,2,7-12H2,1H3/t13-,14+,18+/m0/s1. The summed E-state index contributed by atoms with van der Waals surface area (Å²) < 4.78 is 0. The van der Waals surface area contributed by atoms with Crippen LogP contribution in [0.2, 0.25) is 0 Å². The summed E-state index contributed by atoms with van der Waals surface area (Å²) in [5.41, 5.74) is 4.27. The van der Waals surface area contributed by atoms with Crippen LogP contribution in [0.1, 0.15) is 43.5 Å². The Labute approximate surface area is 132 Å². The number of hydrogen-bond acceptors (Lipinski definition) is 2. The Morgan fingerprint density at radius 2 is 2.14 bits per heavy atom. The van der Waals surface area contributed by atoms with Crippen molar-refractivity contribution in [3.8, 4) is 0 Å². The molecule has 0 radical (unpaired) electrons. The molecular formula is C19H26N2O. The van der Waals surface area contributed by atoms with Crippen molar-refractivity contribution in [2.75, 3.05) is 19.7 Å². The molecule has 2 N–H and O–H groups in total. The highest BCUT2D eigenvalue weighted by Gasteiger charge is 2.39. The van der Waals surface area contributed by atoms with E-state index in [9.17, 15) is 5.11 Å². The minimum Gasteiger partial charge on any atom is -0.396 e. The van der Waals surface area contributed by atoms with Gasteiger partial charge in [0.2, 0.25) is 0 Å². The van der Waals surface area contributed by atoms with E-state index < -0.39 is 0 Å². The zero-order valence-corrected chi connectivity index (χ0v) is 13.4. The molecule has 2 aliphatic heterocycles. The Hall–Kier alpha value is -1.32. The van der Waals surface area contributed by atoms with E-state index in [1.165, 1.54) is 48.1 Å². The van der Waals surface area contributed by atoms with Crippen LogP contribution < -0.4 is 0 Å². The van der Waals surface area contributed by atoms with Gasteiger partial charge < -0.3 is 10.1 Å². The van der Waals surface area contributed by atoms with E-state index in [2.05, 4.69) is 41.1 Å². The summed E-state index contributed by atoms with van der Waals surface area (Å²) in [5, 5.41) is 10.8. The molecule has 1 aromatic carbocycles. The molecule has 22 heavy (non-hydrogen) atoms. The van der Waals surface area contributed by atoms with E-state index in [0.29, 0.717) is 18.6 Å². The van der Waals surface area contributed by atoms with Crippen LogP contribution in [0.25, 0.3) is 10.9 Å². The number of para-hydroxylation sites is 1. The third-order valence-corrected chi connectivity index (χ3v) is 5.96. The highest BCUT2D eigenvalue weighted by molar-refractivity contribution is 5.85. The van der Waals surface area contributed by atoms with Gasteiger partial charge in [0.1, 0.15) is 0 Å². The van der Waals surface area contributed by atoms with Crippen molar-refractivity contribution in [1.82, 2.24) is 9.88 Å². The number of H-pyrrole nitrogens is 1. The summed E-state index contributed by atoms with van der Waals surface area (Å²) in [4.78, 5) is 6.39. The molecule has 1 saturated heterocycles. The molecule has 3 heterocycles. The number of nitrogens with zero attached hydrogens (tertiary/aromatic N) is 1. The van der Waals surface area contributed by atoms with E-state index in [1.54, 1.807) is 0 Å². The Bertz CT molecular complexity index is 662. The molecule has 0 spiro atoms. The number of fused-ring (bicyclic) bond motifs is 5. The molecule has 3 atom stereocenters. The van der Waals surface area contributed by atoms with Gasteiger partial charge >= 0.3 is 0 Å². The van der Waals surface area contributed by atoms with Gasteiger partial charge in [0.15, 0.2) is 0 Å². The van der Waals surface area contributed by atoms with Crippen LogP contribution >= 0.6 is 0 Å². The zero-order valence-electron chi connectivity index (χ0n) is 13.4. The molecule has 4 rings (SSSR count). The number of nitrogens with one attached hydrogen (secondary N) is 1. The van der Waals surface area contributed by atoms with Crippen molar-refractivity contribution in [1.29, 1.82) is 0 Å². The fourth-order valence-electron chi connectivity index (χ4n) is 4.77. The number of piperidine rings is 1. The largest absolute Gasteiger partial charge is 0.396 e. The first-order valence-corrected chi connectivity index (χ1v) is 8.76. The first kappa shape index (κ1) is 14.3. The topological polar surface area (TPSA) is 39.3 Å². The second-order valence-corrected chi connectivity index (χ2v) is 7.00. The Morgan fingerprint density at radius 3 is 2.95 bits per heavy atom. The summed E-state index contributed by atoms with van der Waals surface area (Å²) >= 11 is 0. The number of aliphatic hydroxyl groups is 1. The molecule has 0 amide bonds. The average molecular weight is 298 g/mol. The van der Waals surface area contributed by atoms with E-state index >= 15 is 0 Å². The quantitative estimate of drug-likeness (QED) is 0.910. The lowest BCUT2D eigenvalue weighted by molar-refractivity contribution is 0.0396. The Morgan fingerprint density at radius 1 is 1.27 bits per heavy atom. The van der Waals surface area contributed by atoms with Gasteiger partial charge in [-0.25, -0.2) is 0 Å². The summed E-state index contributed by atoms with van der Waals surface area (Å²) in [7, 11) is 0. The Kier molecular flexibility index (Phi) is 3.71. The second kappa shape index (κ2) is 5.71. The average Bonchev–Trinajstić information content (AvgIpc) is 2.93. The number of aliphatic hydroxyl groups excluding tert-OH is 1. The number of rotatable bonds is 3. The maximum atomic E-state index is 9.42. The molecular weight excluding hydrogens is 272 g/mol. The highest BCUT2D eigenvalue weighted by Crippen LogP contribution is 2.44. The van der Waals surface area contributed by atoms with Gasteiger partial charge in [-0.1, -0.05) is 31.5 Å². The van der Waals surface area contributed by atoms with Gasteiger partial charge in [0.25, 0.3) is 0 Å². The lowest BCUT2D eigenvalue weighted by Crippen LogP contribution is -2.46. The van der Waals surface area contributed by atoms with Crippen LogP contribution in [0.5, 0.6) is 0 Å². The molecule has 1 aromatic heterocycles. The summed E-state index contributed by atoms with van der Waals surface area (Å²) in [6.07, 6.45) is 4.54. The molecule has 0 unspecified atom stereocenters. The first-order valence-electron chi connectivity index (χ1n) is 8.76. The van der Waals surface area contributed by atoms with Crippen molar-refractivity contribution < 1.29 is 5.11 Å². The summed E-state index contributed by atoms with van der Waals surface area (Å²) in [6.45, 7) is 5.00. The normalized spacial score (nSPS) is 28.5. The summed E-state index contributed by atoms with van der Waals surface area (Å²) in [5.74, 6) is 1.41. The van der Waals surface area contributed by atoms with E-state index in [4.69, 9.17) is 0 Å². The molecule has 0 saturated carbocycles. The summed E-state index contributed by atoms with van der Waals surface area (Å²) in [6, 6.07) is 9.23. The van der Waals surface area contributed by atoms with Gasteiger partial charge in [0, 0.05) is 36.3 Å². The lowest BCUT2D eigenvalue weighted by Gasteiger charge is -2.46. The molecule has 2 aromatic rings. The SMILES string of the molecule is CC[C@H]1CN2CCc3c([nH]c4ccccc34)[C@H]2C[C@H]1CCO. The van der Waals surface area contributed by atoms with E-state index in [0.717, 1.165) is 18.8 Å². The van der Waals surface area contributed by atoms with Crippen LogP contribution in [0, 0.1) is 11.8 Å². The first-order chi connectivity index (χ1) is 10.8. The van der Waals surface area contributed by atoms with Crippen LogP contribution in [-0.4, -0.2) is 34.7 Å². The van der Waals surface area contributed by atoms with Crippen molar-refractivity contribution in [3.05, 3.63) is 35.5 Å². The molecule has 3 nitrogen and oxygen atoms in total. The molecule has 118 valence electrons. The maximum absolute atomic E-state index is 9.42. The van der Waals surface area contributed by atoms with Crippen molar-refractivity contribution in [2.45, 2.75) is 38.6 Å². The number of benzene rings is 1. The van der Waals surface area contributed by atoms with Gasteiger partial charge in [0.05, 0.1) is 6.04 Å². The van der Waals surface area contributed by atoms with Gasteiger partial charge in [-0.2, -0.15) is 0 Å². The van der Waals surface area contributed by atoms with Crippen LogP contribution in [0.15, 0.2) is 24.3 Å². The molecule has 0 aliphatic carbocycles. The van der Waals surface area contributed by atoms with Gasteiger partial charge in [-0.15, -0.1) is 0 Å². The zero-order chi connectivity index (χ0) is 15.1. The predicted octanol–water partition coefficient (Wildman–Crippen LogP) is 3.50.